The van der Waals surface area contributed by atoms with Crippen LogP contribution in [0.4, 0.5) is 0 Å². The zero-order valence-corrected chi connectivity index (χ0v) is 8.27. The van der Waals surface area contributed by atoms with Gasteiger partial charge in [0.2, 0.25) is 5.88 Å². The van der Waals surface area contributed by atoms with Crippen molar-refractivity contribution in [2.45, 2.75) is 26.2 Å². The molecule has 0 amide bonds. The number of hydrogen-bond acceptors (Lipinski definition) is 5. The quantitative estimate of drug-likeness (QED) is 0.733. The first-order valence-corrected chi connectivity index (χ1v) is 4.76. The van der Waals surface area contributed by atoms with Gasteiger partial charge in [-0.2, -0.15) is 0 Å². The molecule has 2 rings (SSSR count). The minimum absolute atomic E-state index is 0.151. The number of nitrogens with zero attached hydrogens (tertiary/aromatic N) is 4. The molecule has 7 heteroatoms. The van der Waals surface area contributed by atoms with Gasteiger partial charge in [-0.1, -0.05) is 18.4 Å². The Balaban J connectivity index is 2.57. The third-order valence-corrected chi connectivity index (χ3v) is 2.22. The normalized spacial score (nSPS) is 11.0. The molecular weight excluding hydrogens is 198 g/mol. The molecule has 0 aliphatic rings. The van der Waals surface area contributed by atoms with Gasteiger partial charge < -0.3 is 5.11 Å². The maximum Gasteiger partial charge on any atom is 0.259 e. The number of rotatable bonds is 3. The highest BCUT2D eigenvalue weighted by Crippen LogP contribution is 2.13. The average Bonchev–Trinajstić information content (AvgIpc) is 2.65. The zero-order chi connectivity index (χ0) is 10.8. The summed E-state index contributed by atoms with van der Waals surface area (Å²) in [4.78, 5) is 14.0. The molecule has 80 valence electrons. The number of aromatic hydroxyl groups is 1. The van der Waals surface area contributed by atoms with Crippen molar-refractivity contribution >= 4 is 5.78 Å². The molecule has 0 unspecified atom stereocenters. The van der Waals surface area contributed by atoms with E-state index in [2.05, 4.69) is 20.5 Å². The topological polar surface area (TPSA) is 96.2 Å². The zero-order valence-electron chi connectivity index (χ0n) is 8.27. The van der Waals surface area contributed by atoms with Gasteiger partial charge in [0.05, 0.1) is 5.56 Å². The fourth-order valence-electron chi connectivity index (χ4n) is 1.39. The molecule has 2 aromatic rings. The first-order chi connectivity index (χ1) is 7.24. The fourth-order valence-corrected chi connectivity index (χ4v) is 1.39. The van der Waals surface area contributed by atoms with Gasteiger partial charge >= 0.3 is 0 Å². The lowest BCUT2D eigenvalue weighted by Gasteiger charge is -2.02. The van der Waals surface area contributed by atoms with E-state index in [1.54, 1.807) is 0 Å². The fraction of sp³-hybridized carbons (Fsp3) is 0.500. The second kappa shape index (κ2) is 3.68. The van der Waals surface area contributed by atoms with Crippen molar-refractivity contribution in [1.82, 2.24) is 25.0 Å². The molecule has 0 bridgehead atoms. The van der Waals surface area contributed by atoms with E-state index in [0.717, 1.165) is 17.4 Å². The van der Waals surface area contributed by atoms with Crippen LogP contribution < -0.4 is 5.56 Å². The summed E-state index contributed by atoms with van der Waals surface area (Å²) in [5, 5.41) is 20.2. The third kappa shape index (κ3) is 1.56. The van der Waals surface area contributed by atoms with Crippen molar-refractivity contribution < 1.29 is 5.11 Å². The lowest BCUT2D eigenvalue weighted by molar-refractivity contribution is 0.422. The Bertz CT molecular complexity index is 529. The molecule has 0 saturated heterocycles. The van der Waals surface area contributed by atoms with Gasteiger partial charge in [-0.05, 0) is 23.3 Å². The van der Waals surface area contributed by atoms with Gasteiger partial charge in [0.15, 0.2) is 0 Å². The van der Waals surface area contributed by atoms with Crippen LogP contribution in [0, 0.1) is 0 Å². The smallest absolute Gasteiger partial charge is 0.259 e. The standard InChI is InChI=1S/C8H11N5O2/c1-2-3-4-5-6(14)9-8-10-11-12-13(8)7(5)15/h15H,2-4H2,1H3,(H,9,10,12,14). The molecule has 0 radical (unpaired) electrons. The van der Waals surface area contributed by atoms with Gasteiger partial charge in [-0.15, -0.1) is 4.52 Å². The first-order valence-electron chi connectivity index (χ1n) is 4.76. The van der Waals surface area contributed by atoms with E-state index in [0.29, 0.717) is 12.0 Å². The van der Waals surface area contributed by atoms with Crippen LogP contribution in [0.25, 0.3) is 5.78 Å². The minimum atomic E-state index is -0.330. The molecule has 0 atom stereocenters. The summed E-state index contributed by atoms with van der Waals surface area (Å²) < 4.78 is 1.12. The predicted molar refractivity (Wildman–Crippen MR) is 51.7 cm³/mol. The van der Waals surface area contributed by atoms with Crippen molar-refractivity contribution in [3.05, 3.63) is 15.9 Å². The van der Waals surface area contributed by atoms with E-state index in [4.69, 9.17) is 0 Å². The van der Waals surface area contributed by atoms with E-state index in [1.165, 1.54) is 0 Å². The predicted octanol–water partition coefficient (Wildman–Crippen LogP) is -0.139. The SMILES string of the molecule is CCCCc1c(O)n2nnnc2[nH]c1=O. The van der Waals surface area contributed by atoms with Crippen LogP contribution in [0.1, 0.15) is 25.3 Å². The van der Waals surface area contributed by atoms with Crippen molar-refractivity contribution in [2.75, 3.05) is 0 Å². The van der Waals surface area contributed by atoms with Crippen LogP contribution >= 0.6 is 0 Å². The maximum atomic E-state index is 11.5. The van der Waals surface area contributed by atoms with E-state index in [1.807, 2.05) is 6.92 Å². The Kier molecular flexibility index (Phi) is 2.36. The van der Waals surface area contributed by atoms with Crippen molar-refractivity contribution in [3.63, 3.8) is 0 Å². The van der Waals surface area contributed by atoms with E-state index < -0.39 is 0 Å². The molecule has 0 aromatic carbocycles. The van der Waals surface area contributed by atoms with Gasteiger partial charge in [0.1, 0.15) is 0 Å². The van der Waals surface area contributed by atoms with Crippen LogP contribution in [-0.4, -0.2) is 30.1 Å². The summed E-state index contributed by atoms with van der Waals surface area (Å²) in [6.45, 7) is 2.01. The monoisotopic (exact) mass is 209 g/mol. The molecule has 7 nitrogen and oxygen atoms in total. The summed E-state index contributed by atoms with van der Waals surface area (Å²) in [5.74, 6) is -0.0232. The van der Waals surface area contributed by atoms with Crippen LogP contribution in [0.15, 0.2) is 4.79 Å². The lowest BCUT2D eigenvalue weighted by atomic mass is 10.1. The van der Waals surface area contributed by atoms with Gasteiger partial charge in [0.25, 0.3) is 11.3 Å². The average molecular weight is 209 g/mol. The summed E-state index contributed by atoms with van der Waals surface area (Å²) in [6, 6.07) is 0. The number of tetrazole rings is 1. The molecule has 2 aromatic heterocycles. The summed E-state index contributed by atoms with van der Waals surface area (Å²) in [7, 11) is 0. The molecule has 0 fully saturated rings. The third-order valence-electron chi connectivity index (χ3n) is 2.22. The number of unbranched alkanes of at least 4 members (excludes halogenated alkanes) is 1. The first kappa shape index (κ1) is 9.63. The Labute approximate surface area is 84.7 Å². The Hall–Kier alpha value is -1.92. The van der Waals surface area contributed by atoms with Crippen LogP contribution in [0.5, 0.6) is 5.88 Å². The Morgan fingerprint density at radius 3 is 3.07 bits per heavy atom. The number of fused-ring (bicyclic) bond motifs is 1. The van der Waals surface area contributed by atoms with Crippen molar-refractivity contribution in [1.29, 1.82) is 0 Å². The van der Waals surface area contributed by atoms with Gasteiger partial charge in [0, 0.05) is 0 Å². The van der Waals surface area contributed by atoms with Gasteiger partial charge in [-0.3, -0.25) is 9.78 Å². The molecule has 0 aliphatic carbocycles. The summed E-state index contributed by atoms with van der Waals surface area (Å²) >= 11 is 0. The van der Waals surface area contributed by atoms with Crippen LogP contribution in [-0.2, 0) is 6.42 Å². The number of aromatic nitrogens is 5. The molecule has 2 heterocycles. The highest BCUT2D eigenvalue weighted by Gasteiger charge is 2.12. The highest BCUT2D eigenvalue weighted by atomic mass is 16.3. The second-order valence-corrected chi connectivity index (χ2v) is 3.27. The number of H-pyrrole nitrogens is 1. The number of hydrogen-bond donors (Lipinski definition) is 2. The summed E-state index contributed by atoms with van der Waals surface area (Å²) in [6.07, 6.45) is 2.31. The maximum absolute atomic E-state index is 11.5. The molecule has 0 aliphatic heterocycles. The molecular formula is C8H11N5O2. The Morgan fingerprint density at radius 1 is 1.53 bits per heavy atom. The molecule has 2 N–H and O–H groups in total. The lowest BCUT2D eigenvalue weighted by Crippen LogP contribution is -2.16. The van der Waals surface area contributed by atoms with Gasteiger partial charge in [-0.25, -0.2) is 0 Å². The molecule has 0 saturated carbocycles. The second-order valence-electron chi connectivity index (χ2n) is 3.27. The van der Waals surface area contributed by atoms with E-state index >= 15 is 0 Å². The molecule has 15 heavy (non-hydrogen) atoms. The van der Waals surface area contributed by atoms with E-state index in [9.17, 15) is 9.90 Å². The van der Waals surface area contributed by atoms with Crippen molar-refractivity contribution in [2.24, 2.45) is 0 Å². The van der Waals surface area contributed by atoms with Crippen LogP contribution in [0.2, 0.25) is 0 Å². The Morgan fingerprint density at radius 2 is 2.33 bits per heavy atom. The molecule has 0 spiro atoms. The number of nitrogens with one attached hydrogen (secondary N) is 1. The summed E-state index contributed by atoms with van der Waals surface area (Å²) in [5.41, 5.74) is -0.0000926. The van der Waals surface area contributed by atoms with Crippen molar-refractivity contribution in [3.8, 4) is 5.88 Å². The number of aromatic amines is 1. The van der Waals surface area contributed by atoms with Crippen LogP contribution in [0.3, 0.4) is 0 Å². The largest absolute Gasteiger partial charge is 0.493 e. The highest BCUT2D eigenvalue weighted by molar-refractivity contribution is 5.33. The minimum Gasteiger partial charge on any atom is -0.493 e. The van der Waals surface area contributed by atoms with E-state index in [-0.39, 0.29) is 17.2 Å².